The van der Waals surface area contributed by atoms with Gasteiger partial charge in [-0.25, -0.2) is 4.79 Å². The third-order valence-electron chi connectivity index (χ3n) is 1.66. The van der Waals surface area contributed by atoms with Gasteiger partial charge in [0.15, 0.2) is 0 Å². The lowest BCUT2D eigenvalue weighted by atomic mass is 10.3. The van der Waals surface area contributed by atoms with E-state index in [0.29, 0.717) is 0 Å². The molecule has 0 bridgehead atoms. The summed E-state index contributed by atoms with van der Waals surface area (Å²) < 4.78 is 0. The molecule has 0 fully saturated rings. The van der Waals surface area contributed by atoms with Crippen LogP contribution in [-0.2, 0) is 4.79 Å². The van der Waals surface area contributed by atoms with Crippen molar-refractivity contribution in [1.82, 2.24) is 9.94 Å². The molecule has 0 saturated heterocycles. The normalized spacial score (nSPS) is 10.2. The van der Waals surface area contributed by atoms with Crippen LogP contribution in [0.1, 0.15) is 6.92 Å². The third-order valence-corrected chi connectivity index (χ3v) is 1.66. The highest BCUT2D eigenvalue weighted by atomic mass is 16.7. The van der Waals surface area contributed by atoms with E-state index in [0.717, 1.165) is 10.9 Å². The zero-order chi connectivity index (χ0) is 9.26. The van der Waals surface area contributed by atoms with Gasteiger partial charge in [-0.05, 0) is 6.07 Å². The molecule has 0 aliphatic carbocycles. The maximum absolute atomic E-state index is 10.7. The standard InChI is InChI=1S/C9H8N2O2/c1-7(12)13-11-9-5-3-2-4-8(9)6-10-11/h2-6H,1H3. The van der Waals surface area contributed by atoms with E-state index in [-0.39, 0.29) is 5.97 Å². The summed E-state index contributed by atoms with van der Waals surface area (Å²) in [4.78, 5) is 16.7. The van der Waals surface area contributed by atoms with Gasteiger partial charge in [-0.2, -0.15) is 0 Å². The summed E-state index contributed by atoms with van der Waals surface area (Å²) in [5.74, 6) is -0.381. The van der Waals surface area contributed by atoms with Crippen molar-refractivity contribution >= 4 is 16.9 Å². The average Bonchev–Trinajstić information content (AvgIpc) is 2.48. The predicted molar refractivity (Wildman–Crippen MR) is 47.0 cm³/mol. The Kier molecular flexibility index (Phi) is 1.73. The lowest BCUT2D eigenvalue weighted by Crippen LogP contribution is -2.17. The summed E-state index contributed by atoms with van der Waals surface area (Å²) in [6.07, 6.45) is 1.65. The largest absolute Gasteiger partial charge is 0.331 e. The van der Waals surface area contributed by atoms with Crippen LogP contribution in [0.25, 0.3) is 10.9 Å². The number of benzene rings is 1. The molecule has 0 unspecified atom stereocenters. The number of carbonyl (C=O) groups is 1. The van der Waals surface area contributed by atoms with Gasteiger partial charge in [0, 0.05) is 12.3 Å². The molecule has 0 radical (unpaired) electrons. The van der Waals surface area contributed by atoms with E-state index < -0.39 is 0 Å². The summed E-state index contributed by atoms with van der Waals surface area (Å²) in [5.41, 5.74) is 0.790. The van der Waals surface area contributed by atoms with Crippen molar-refractivity contribution < 1.29 is 9.63 Å². The lowest BCUT2D eigenvalue weighted by molar-refractivity contribution is -0.142. The fourth-order valence-corrected chi connectivity index (χ4v) is 1.14. The number of para-hydroxylation sites is 1. The highest BCUT2D eigenvalue weighted by Crippen LogP contribution is 2.10. The summed E-state index contributed by atoms with van der Waals surface area (Å²) >= 11 is 0. The lowest BCUT2D eigenvalue weighted by Gasteiger charge is -1.99. The molecule has 0 spiro atoms. The monoisotopic (exact) mass is 176 g/mol. The van der Waals surface area contributed by atoms with Crippen molar-refractivity contribution in [3.63, 3.8) is 0 Å². The van der Waals surface area contributed by atoms with E-state index in [4.69, 9.17) is 4.84 Å². The van der Waals surface area contributed by atoms with Crippen molar-refractivity contribution in [1.29, 1.82) is 0 Å². The van der Waals surface area contributed by atoms with Crippen LogP contribution in [0.15, 0.2) is 30.5 Å². The summed E-state index contributed by atoms with van der Waals surface area (Å²) in [5, 5.41) is 4.86. The van der Waals surface area contributed by atoms with Gasteiger partial charge in [0.1, 0.15) is 5.52 Å². The molecule has 0 aliphatic heterocycles. The van der Waals surface area contributed by atoms with Gasteiger partial charge in [-0.1, -0.05) is 23.0 Å². The third kappa shape index (κ3) is 1.38. The smallest absolute Gasteiger partial charge is 0.319 e. The molecule has 1 heterocycles. The summed E-state index contributed by atoms with van der Waals surface area (Å²) in [6, 6.07) is 7.51. The summed E-state index contributed by atoms with van der Waals surface area (Å²) in [7, 11) is 0. The molecule has 0 N–H and O–H groups in total. The number of rotatable bonds is 1. The van der Waals surface area contributed by atoms with E-state index in [1.165, 1.54) is 11.8 Å². The first kappa shape index (κ1) is 7.79. The maximum Gasteiger partial charge on any atom is 0.331 e. The number of fused-ring (bicyclic) bond motifs is 1. The van der Waals surface area contributed by atoms with Crippen LogP contribution in [0.4, 0.5) is 0 Å². The maximum atomic E-state index is 10.7. The molecule has 2 rings (SSSR count). The van der Waals surface area contributed by atoms with Crippen LogP contribution in [0.5, 0.6) is 0 Å². The van der Waals surface area contributed by atoms with E-state index in [1.54, 1.807) is 6.20 Å². The number of hydrogen-bond donors (Lipinski definition) is 0. The zero-order valence-electron chi connectivity index (χ0n) is 7.10. The highest BCUT2D eigenvalue weighted by Gasteiger charge is 2.03. The van der Waals surface area contributed by atoms with Gasteiger partial charge in [0.05, 0.1) is 6.20 Å². The molecule has 0 saturated carbocycles. The Balaban J connectivity index is 2.51. The minimum atomic E-state index is -0.381. The second-order valence-electron chi connectivity index (χ2n) is 2.66. The molecular weight excluding hydrogens is 168 g/mol. The molecule has 1 aromatic carbocycles. The number of carbonyl (C=O) groups excluding carboxylic acids is 1. The van der Waals surface area contributed by atoms with Gasteiger partial charge in [-0.15, -0.1) is 5.10 Å². The fraction of sp³-hybridized carbons (Fsp3) is 0.111. The predicted octanol–water partition coefficient (Wildman–Crippen LogP) is 1.01. The Morgan fingerprint density at radius 1 is 1.46 bits per heavy atom. The van der Waals surface area contributed by atoms with Gasteiger partial charge < -0.3 is 4.84 Å². The Hall–Kier alpha value is -1.84. The van der Waals surface area contributed by atoms with Crippen LogP contribution >= 0.6 is 0 Å². The Morgan fingerprint density at radius 2 is 2.23 bits per heavy atom. The van der Waals surface area contributed by atoms with Gasteiger partial charge in [0.25, 0.3) is 0 Å². The van der Waals surface area contributed by atoms with E-state index in [1.807, 2.05) is 24.3 Å². The quantitative estimate of drug-likeness (QED) is 0.651. The van der Waals surface area contributed by atoms with Crippen molar-refractivity contribution in [3.05, 3.63) is 30.5 Å². The molecule has 13 heavy (non-hydrogen) atoms. The number of nitrogens with zero attached hydrogens (tertiary/aromatic N) is 2. The van der Waals surface area contributed by atoms with E-state index >= 15 is 0 Å². The van der Waals surface area contributed by atoms with Crippen molar-refractivity contribution in [2.45, 2.75) is 6.92 Å². The molecule has 0 amide bonds. The highest BCUT2D eigenvalue weighted by molar-refractivity contribution is 5.78. The first-order valence-electron chi connectivity index (χ1n) is 3.89. The topological polar surface area (TPSA) is 44.1 Å². The molecule has 4 heteroatoms. The zero-order valence-corrected chi connectivity index (χ0v) is 7.10. The van der Waals surface area contributed by atoms with Gasteiger partial charge in [-0.3, -0.25) is 0 Å². The SMILES string of the molecule is CC(=O)On1ncc2ccccc21. The molecule has 4 nitrogen and oxygen atoms in total. The van der Waals surface area contributed by atoms with Crippen molar-refractivity contribution in [2.75, 3.05) is 0 Å². The number of aromatic nitrogens is 2. The Bertz CT molecular complexity index is 448. The van der Waals surface area contributed by atoms with Gasteiger partial charge >= 0.3 is 5.97 Å². The van der Waals surface area contributed by atoms with Gasteiger partial charge in [0.2, 0.25) is 0 Å². The second kappa shape index (κ2) is 2.90. The average molecular weight is 176 g/mol. The van der Waals surface area contributed by atoms with Crippen molar-refractivity contribution in [2.24, 2.45) is 0 Å². The van der Waals surface area contributed by atoms with Crippen LogP contribution in [0.3, 0.4) is 0 Å². The Labute approximate surface area is 74.7 Å². The minimum Gasteiger partial charge on any atom is -0.319 e. The van der Waals surface area contributed by atoms with Crippen LogP contribution in [-0.4, -0.2) is 15.9 Å². The van der Waals surface area contributed by atoms with E-state index in [2.05, 4.69) is 5.10 Å². The van der Waals surface area contributed by atoms with Crippen molar-refractivity contribution in [3.8, 4) is 0 Å². The minimum absolute atomic E-state index is 0.381. The fourth-order valence-electron chi connectivity index (χ4n) is 1.14. The van der Waals surface area contributed by atoms with E-state index in [9.17, 15) is 4.79 Å². The first-order valence-corrected chi connectivity index (χ1v) is 3.89. The molecule has 2 aromatic rings. The number of hydrogen-bond acceptors (Lipinski definition) is 3. The van der Waals surface area contributed by atoms with Crippen LogP contribution < -0.4 is 4.84 Å². The molecule has 1 aromatic heterocycles. The summed E-state index contributed by atoms with van der Waals surface area (Å²) in [6.45, 7) is 1.34. The molecule has 66 valence electrons. The Morgan fingerprint density at radius 3 is 3.00 bits per heavy atom. The van der Waals surface area contributed by atoms with Crippen LogP contribution in [0, 0.1) is 0 Å². The second-order valence-corrected chi connectivity index (χ2v) is 2.66. The molecule has 0 aliphatic rings. The van der Waals surface area contributed by atoms with Crippen LogP contribution in [0.2, 0.25) is 0 Å². The molecule has 0 atom stereocenters. The molecular formula is C9H8N2O2. The first-order chi connectivity index (χ1) is 6.27.